The van der Waals surface area contributed by atoms with Crippen LogP contribution in [-0.2, 0) is 13.7 Å². The van der Waals surface area contributed by atoms with E-state index in [1.54, 1.807) is 18.5 Å². The number of aryl methyl sites for hydroxylation is 1. The van der Waals surface area contributed by atoms with E-state index in [4.69, 9.17) is 5.11 Å². The Bertz CT molecular complexity index is 280. The Morgan fingerprint density at radius 3 is 2.73 bits per heavy atom. The van der Waals surface area contributed by atoms with Crippen molar-refractivity contribution >= 4 is 5.82 Å². The van der Waals surface area contributed by atoms with Gasteiger partial charge >= 0.3 is 0 Å². The molecule has 0 fully saturated rings. The van der Waals surface area contributed by atoms with Gasteiger partial charge in [-0.2, -0.15) is 0 Å². The van der Waals surface area contributed by atoms with Crippen LogP contribution < -0.4 is 0 Å². The fourth-order valence-corrected chi connectivity index (χ4v) is 0.888. The molecule has 0 aliphatic carbocycles. The van der Waals surface area contributed by atoms with E-state index in [2.05, 4.69) is 10.2 Å². The first-order chi connectivity index (χ1) is 5.20. The van der Waals surface area contributed by atoms with Gasteiger partial charge in [-0.3, -0.25) is 0 Å². The van der Waals surface area contributed by atoms with Crippen molar-refractivity contribution < 1.29 is 5.11 Å². The topological polar surface area (TPSA) is 67.5 Å². The second kappa shape index (κ2) is 2.79. The third-order valence-corrected chi connectivity index (χ3v) is 1.65. The van der Waals surface area contributed by atoms with Crippen LogP contribution in [-0.4, -0.2) is 14.7 Å². The Morgan fingerprint density at radius 2 is 2.36 bits per heavy atom. The molecule has 0 saturated heterocycles. The first kappa shape index (κ1) is 7.87. The molecule has 5 nitrogen and oxygen atoms in total. The minimum Gasteiger partial charge on any atom is -0.390 e. The highest BCUT2D eigenvalue weighted by atomic mass is 16.3. The molecule has 0 aliphatic rings. The van der Waals surface area contributed by atoms with Crippen molar-refractivity contribution in [2.75, 3.05) is 0 Å². The molecule has 0 aliphatic heterocycles. The number of rotatable bonds is 2. The van der Waals surface area contributed by atoms with Crippen molar-refractivity contribution in [1.82, 2.24) is 9.55 Å². The van der Waals surface area contributed by atoms with Crippen LogP contribution in [0.4, 0.5) is 5.82 Å². The lowest BCUT2D eigenvalue weighted by molar-refractivity contribution is 0.273. The number of nitroso groups, excluding NO2 is 1. The number of aliphatic hydroxyl groups is 1. The Balaban J connectivity index is 3.26. The largest absolute Gasteiger partial charge is 0.390 e. The molecule has 0 saturated carbocycles. The molecule has 0 radical (unpaired) electrons. The molecule has 1 N–H and O–H groups in total. The molecule has 1 heterocycles. The van der Waals surface area contributed by atoms with Gasteiger partial charge in [0.1, 0.15) is 5.82 Å². The first-order valence-electron chi connectivity index (χ1n) is 3.17. The highest BCUT2D eigenvalue weighted by Gasteiger charge is 2.10. The predicted molar refractivity (Wildman–Crippen MR) is 39.3 cm³/mol. The molecule has 11 heavy (non-hydrogen) atoms. The lowest BCUT2D eigenvalue weighted by atomic mass is 10.4. The van der Waals surface area contributed by atoms with Crippen LogP contribution in [0.25, 0.3) is 0 Å². The molecule has 0 atom stereocenters. The van der Waals surface area contributed by atoms with Gasteiger partial charge in [-0.25, -0.2) is 4.98 Å². The standard InChI is InChI=1S/C6H9N3O2/c1-4-7-6(8-11)5(3-10)9(4)2/h10H,3H2,1-2H3. The molecule has 1 aromatic heterocycles. The van der Waals surface area contributed by atoms with Crippen molar-refractivity contribution in [1.29, 1.82) is 0 Å². The Morgan fingerprint density at radius 1 is 1.73 bits per heavy atom. The van der Waals surface area contributed by atoms with E-state index >= 15 is 0 Å². The molecule has 1 rings (SSSR count). The van der Waals surface area contributed by atoms with E-state index in [1.807, 2.05) is 0 Å². The van der Waals surface area contributed by atoms with Gasteiger partial charge in [0.05, 0.1) is 12.3 Å². The maximum absolute atomic E-state index is 10.1. The maximum atomic E-state index is 10.1. The zero-order valence-electron chi connectivity index (χ0n) is 6.40. The van der Waals surface area contributed by atoms with Gasteiger partial charge in [0.15, 0.2) is 0 Å². The van der Waals surface area contributed by atoms with Crippen LogP contribution in [0, 0.1) is 11.8 Å². The van der Waals surface area contributed by atoms with Crippen LogP contribution in [0.2, 0.25) is 0 Å². The smallest absolute Gasteiger partial charge is 0.220 e. The van der Waals surface area contributed by atoms with Crippen LogP contribution in [0.15, 0.2) is 5.18 Å². The quantitative estimate of drug-likeness (QED) is 0.636. The van der Waals surface area contributed by atoms with Gasteiger partial charge in [-0.1, -0.05) is 0 Å². The summed E-state index contributed by atoms with van der Waals surface area (Å²) in [7, 11) is 1.72. The normalized spacial score (nSPS) is 10.1. The van der Waals surface area contributed by atoms with E-state index in [0.717, 1.165) is 0 Å². The summed E-state index contributed by atoms with van der Waals surface area (Å²) in [6, 6.07) is 0. The highest BCUT2D eigenvalue weighted by Crippen LogP contribution is 2.17. The Labute approximate surface area is 63.7 Å². The minimum atomic E-state index is -0.210. The molecule has 60 valence electrons. The van der Waals surface area contributed by atoms with Crippen molar-refractivity contribution in [3.05, 3.63) is 16.4 Å². The van der Waals surface area contributed by atoms with E-state index < -0.39 is 0 Å². The average Bonchev–Trinajstić information content (AvgIpc) is 2.28. The van der Waals surface area contributed by atoms with Crippen LogP contribution in [0.3, 0.4) is 0 Å². The number of aliphatic hydroxyl groups excluding tert-OH is 1. The summed E-state index contributed by atoms with van der Waals surface area (Å²) in [5, 5.41) is 11.5. The average molecular weight is 155 g/mol. The zero-order valence-corrected chi connectivity index (χ0v) is 6.40. The van der Waals surface area contributed by atoms with Gasteiger partial charge in [0, 0.05) is 7.05 Å². The minimum absolute atomic E-state index is 0.0764. The molecule has 0 amide bonds. The zero-order chi connectivity index (χ0) is 8.43. The summed E-state index contributed by atoms with van der Waals surface area (Å²) in [6.45, 7) is 1.53. The van der Waals surface area contributed by atoms with Gasteiger partial charge in [-0.05, 0) is 12.1 Å². The fourth-order valence-electron chi connectivity index (χ4n) is 0.888. The van der Waals surface area contributed by atoms with E-state index in [-0.39, 0.29) is 12.4 Å². The molecular formula is C6H9N3O2. The summed E-state index contributed by atoms with van der Waals surface area (Å²) in [5.74, 6) is 0.746. The summed E-state index contributed by atoms with van der Waals surface area (Å²) in [5.41, 5.74) is 0.456. The molecule has 5 heteroatoms. The van der Waals surface area contributed by atoms with Crippen molar-refractivity contribution in [3.63, 3.8) is 0 Å². The summed E-state index contributed by atoms with van der Waals surface area (Å²) in [4.78, 5) is 13.9. The number of nitrogens with zero attached hydrogens (tertiary/aromatic N) is 3. The van der Waals surface area contributed by atoms with E-state index in [0.29, 0.717) is 11.5 Å². The lowest BCUT2D eigenvalue weighted by Crippen LogP contribution is -1.97. The van der Waals surface area contributed by atoms with Crippen molar-refractivity contribution in [3.8, 4) is 0 Å². The Hall–Kier alpha value is -1.23. The van der Waals surface area contributed by atoms with Crippen LogP contribution in [0.1, 0.15) is 11.5 Å². The van der Waals surface area contributed by atoms with E-state index in [1.165, 1.54) is 0 Å². The number of hydrogen-bond donors (Lipinski definition) is 1. The summed E-state index contributed by atoms with van der Waals surface area (Å²) >= 11 is 0. The second-order valence-electron chi connectivity index (χ2n) is 2.24. The van der Waals surface area contributed by atoms with Crippen molar-refractivity contribution in [2.24, 2.45) is 12.2 Å². The summed E-state index contributed by atoms with van der Waals surface area (Å²) < 4.78 is 1.64. The molecule has 1 aromatic rings. The van der Waals surface area contributed by atoms with Gasteiger partial charge < -0.3 is 9.67 Å². The molecule has 0 unspecified atom stereocenters. The lowest BCUT2D eigenvalue weighted by Gasteiger charge is -1.97. The van der Waals surface area contributed by atoms with Crippen molar-refractivity contribution in [2.45, 2.75) is 13.5 Å². The Kier molecular flexibility index (Phi) is 2.00. The highest BCUT2D eigenvalue weighted by molar-refractivity contribution is 5.35. The van der Waals surface area contributed by atoms with Crippen LogP contribution in [0.5, 0.6) is 0 Å². The SMILES string of the molecule is Cc1nc(N=O)c(CO)n1C. The number of imidazole rings is 1. The van der Waals surface area contributed by atoms with Crippen LogP contribution >= 0.6 is 0 Å². The third-order valence-electron chi connectivity index (χ3n) is 1.65. The van der Waals surface area contributed by atoms with Gasteiger partial charge in [-0.15, -0.1) is 4.91 Å². The predicted octanol–water partition coefficient (Wildman–Crippen LogP) is 0.619. The van der Waals surface area contributed by atoms with E-state index in [9.17, 15) is 4.91 Å². The van der Waals surface area contributed by atoms with Gasteiger partial charge in [0.2, 0.25) is 5.82 Å². The molecular weight excluding hydrogens is 146 g/mol. The monoisotopic (exact) mass is 155 g/mol. The number of hydrogen-bond acceptors (Lipinski definition) is 4. The molecule has 0 spiro atoms. The fraction of sp³-hybridized carbons (Fsp3) is 0.500. The maximum Gasteiger partial charge on any atom is 0.220 e. The second-order valence-corrected chi connectivity index (χ2v) is 2.24. The van der Waals surface area contributed by atoms with Gasteiger partial charge in [0.25, 0.3) is 0 Å². The molecule has 0 bridgehead atoms. The number of aromatic nitrogens is 2. The molecule has 0 aromatic carbocycles. The summed E-state index contributed by atoms with van der Waals surface area (Å²) in [6.07, 6.45) is 0. The first-order valence-corrected chi connectivity index (χ1v) is 3.17. The third kappa shape index (κ3) is 1.14.